The fraction of sp³-hybridized carbons (Fsp3) is 0. The van der Waals surface area contributed by atoms with Crippen molar-refractivity contribution in [3.05, 3.63) is 50.1 Å². The molecule has 3 N–H and O–H groups in total. The topological polar surface area (TPSA) is 156 Å². The van der Waals surface area contributed by atoms with Gasteiger partial charge < -0.3 is 10.2 Å². The van der Waals surface area contributed by atoms with Crippen molar-refractivity contribution in [2.45, 2.75) is 0 Å². The Bertz CT molecular complexity index is 421. The molecule has 0 atom stereocenters. The zero-order valence-corrected chi connectivity index (χ0v) is 8.14. The van der Waals surface area contributed by atoms with Crippen LogP contribution in [0.5, 0.6) is 5.75 Å². The second kappa shape index (κ2) is 6.55. The summed E-state index contributed by atoms with van der Waals surface area (Å²) in [7, 11) is 0. The van der Waals surface area contributed by atoms with Crippen LogP contribution in [0.1, 0.15) is 10.4 Å². The van der Waals surface area contributed by atoms with Gasteiger partial charge in [0.25, 0.3) is 0 Å². The average Bonchev–Trinajstić information content (AvgIpc) is 2.16. The molecule has 1 aromatic rings. The zero-order valence-electron chi connectivity index (χ0n) is 8.14. The first-order valence-corrected chi connectivity index (χ1v) is 3.91. The summed E-state index contributed by atoms with van der Waals surface area (Å²) in [5.74, 6) is -1.31. The first-order chi connectivity index (χ1) is 7.84. The number of rotatable bonds is 3. The van der Waals surface area contributed by atoms with E-state index in [0.29, 0.717) is 0 Å². The summed E-state index contributed by atoms with van der Waals surface area (Å²) in [4.78, 5) is 28.4. The third-order valence-corrected chi connectivity index (χ3v) is 1.30. The van der Waals surface area contributed by atoms with E-state index >= 15 is 0 Å². The number of carboxylic acid groups (broad SMARTS) is 1. The van der Waals surface area contributed by atoms with Crippen LogP contribution in [0.15, 0.2) is 24.3 Å². The normalized spacial score (nSPS) is 8.47. The molecule has 0 aliphatic carbocycles. The molecule has 0 aliphatic rings. The molecule has 0 spiro atoms. The van der Waals surface area contributed by atoms with E-state index in [1.54, 1.807) is 12.1 Å². The van der Waals surface area contributed by atoms with Gasteiger partial charge in [-0.25, -0.2) is 25.0 Å². The van der Waals surface area contributed by atoms with Crippen LogP contribution in [-0.4, -0.2) is 26.2 Å². The standard InChI is InChI=1S/C7H6O3.HN3O4/c8-6-4-2-1-3-5(6)7(9)10;4-2(5)1-3(6)7/h1-4,8H,(H,9,10);1H. The second-order valence-electron chi connectivity index (χ2n) is 2.44. The lowest BCUT2D eigenvalue weighted by Crippen LogP contribution is -2.27. The van der Waals surface area contributed by atoms with Crippen LogP contribution in [0.2, 0.25) is 0 Å². The molecule has 0 radical (unpaired) electrons. The third kappa shape index (κ3) is 6.22. The van der Waals surface area contributed by atoms with Gasteiger partial charge in [0.05, 0.1) is 0 Å². The number of carboxylic acids is 1. The minimum absolute atomic E-state index is 0.0671. The van der Waals surface area contributed by atoms with Gasteiger partial charge in [0.2, 0.25) is 10.1 Å². The van der Waals surface area contributed by atoms with Crippen molar-refractivity contribution in [1.82, 2.24) is 5.53 Å². The van der Waals surface area contributed by atoms with Gasteiger partial charge in [-0.3, -0.25) is 0 Å². The molecule has 1 aromatic carbocycles. The lowest BCUT2D eigenvalue weighted by atomic mass is 10.2. The molecule has 17 heavy (non-hydrogen) atoms. The second-order valence-corrected chi connectivity index (χ2v) is 2.44. The number of hydrogen-bond donors (Lipinski definition) is 3. The van der Waals surface area contributed by atoms with Crippen LogP contribution in [0.3, 0.4) is 0 Å². The fourth-order valence-corrected chi connectivity index (χ4v) is 0.721. The Balaban J connectivity index is 0.000000325. The van der Waals surface area contributed by atoms with E-state index in [0.717, 1.165) is 5.53 Å². The number of carbonyl (C=O) groups is 1. The van der Waals surface area contributed by atoms with Gasteiger partial charge in [-0.2, -0.15) is 0 Å². The quantitative estimate of drug-likeness (QED) is 0.498. The maximum atomic E-state index is 10.3. The number of aromatic hydroxyl groups is 1. The summed E-state index contributed by atoms with van der Waals surface area (Å²) in [5, 5.41) is 32.9. The van der Waals surface area contributed by atoms with Gasteiger partial charge in [-0.1, -0.05) is 12.1 Å². The number of aromatic carboxylic acids is 1. The first kappa shape index (κ1) is 14.1. The molecular formula is C7H7N3O7. The number of hydrazine groups is 2. The van der Waals surface area contributed by atoms with Crippen molar-refractivity contribution in [3.8, 4) is 5.75 Å². The van der Waals surface area contributed by atoms with Crippen LogP contribution in [-0.2, 0) is 0 Å². The number of nitro groups is 2. The van der Waals surface area contributed by atoms with Crippen molar-refractivity contribution in [2.24, 2.45) is 0 Å². The first-order valence-electron chi connectivity index (χ1n) is 3.91. The van der Waals surface area contributed by atoms with Gasteiger partial charge in [-0.05, 0) is 12.1 Å². The SMILES string of the molecule is O=C(O)c1ccccc1O.O=[N+]([O-])N[N+](=O)[O-]. The fourth-order valence-electron chi connectivity index (χ4n) is 0.721. The van der Waals surface area contributed by atoms with Crippen LogP contribution in [0.4, 0.5) is 0 Å². The molecule has 92 valence electrons. The molecule has 0 heterocycles. The number of nitrogens with zero attached hydrogens (tertiary/aromatic N) is 2. The highest BCUT2D eigenvalue weighted by molar-refractivity contribution is 5.90. The maximum absolute atomic E-state index is 10.3. The molecule has 0 aromatic heterocycles. The molecule has 10 nitrogen and oxygen atoms in total. The summed E-state index contributed by atoms with van der Waals surface area (Å²) in [5.41, 5.74) is 0.683. The van der Waals surface area contributed by atoms with Crippen LogP contribution >= 0.6 is 0 Å². The van der Waals surface area contributed by atoms with Gasteiger partial charge in [-0.15, -0.1) is 0 Å². The van der Waals surface area contributed by atoms with Crippen molar-refractivity contribution in [2.75, 3.05) is 0 Å². The smallest absolute Gasteiger partial charge is 0.339 e. The van der Waals surface area contributed by atoms with Crippen LogP contribution in [0, 0.1) is 20.2 Å². The highest BCUT2D eigenvalue weighted by Gasteiger charge is 2.05. The van der Waals surface area contributed by atoms with E-state index in [2.05, 4.69) is 0 Å². The number of para-hydroxylation sites is 1. The molecule has 0 saturated carbocycles. The Morgan fingerprint density at radius 1 is 1.18 bits per heavy atom. The van der Waals surface area contributed by atoms with Crippen molar-refractivity contribution in [1.29, 1.82) is 0 Å². The van der Waals surface area contributed by atoms with E-state index < -0.39 is 16.0 Å². The summed E-state index contributed by atoms with van der Waals surface area (Å²) in [6.07, 6.45) is 0. The highest BCUT2D eigenvalue weighted by Crippen LogP contribution is 2.14. The molecule has 0 saturated heterocycles. The summed E-state index contributed by atoms with van der Waals surface area (Å²) in [6, 6.07) is 5.81. The predicted octanol–water partition coefficient (Wildman–Crippen LogP) is 0.0498. The molecular weight excluding hydrogens is 238 g/mol. The zero-order chi connectivity index (χ0) is 13.4. The molecule has 0 fully saturated rings. The van der Waals surface area contributed by atoms with E-state index in [1.807, 2.05) is 0 Å². The summed E-state index contributed by atoms with van der Waals surface area (Å²) < 4.78 is 0. The molecule has 10 heteroatoms. The minimum Gasteiger partial charge on any atom is -0.507 e. The van der Waals surface area contributed by atoms with Crippen molar-refractivity contribution >= 4 is 5.97 Å². The van der Waals surface area contributed by atoms with E-state index in [-0.39, 0.29) is 11.3 Å². The number of hydrogen-bond acceptors (Lipinski definition) is 6. The van der Waals surface area contributed by atoms with Crippen LogP contribution < -0.4 is 5.53 Å². The molecule has 0 bridgehead atoms. The summed E-state index contributed by atoms with van der Waals surface area (Å²) >= 11 is 0. The Kier molecular flexibility index (Phi) is 5.43. The Hall–Kier alpha value is -2.91. The number of nitrogens with one attached hydrogen (secondary N) is 1. The maximum Gasteiger partial charge on any atom is 0.339 e. The van der Waals surface area contributed by atoms with Crippen molar-refractivity contribution in [3.63, 3.8) is 0 Å². The number of phenols is 1. The Morgan fingerprint density at radius 2 is 1.65 bits per heavy atom. The van der Waals surface area contributed by atoms with Crippen LogP contribution in [0.25, 0.3) is 0 Å². The molecule has 1 rings (SSSR count). The molecule has 0 aliphatic heterocycles. The lowest BCUT2D eigenvalue weighted by Gasteiger charge is -1.95. The van der Waals surface area contributed by atoms with Crippen molar-refractivity contribution < 1.29 is 25.1 Å². The average molecular weight is 245 g/mol. The Morgan fingerprint density at radius 3 is 1.88 bits per heavy atom. The lowest BCUT2D eigenvalue weighted by molar-refractivity contribution is -0.778. The van der Waals surface area contributed by atoms with E-state index in [1.165, 1.54) is 12.1 Å². The summed E-state index contributed by atoms with van der Waals surface area (Å²) in [6.45, 7) is 0. The van der Waals surface area contributed by atoms with E-state index in [9.17, 15) is 4.79 Å². The third-order valence-electron chi connectivity index (χ3n) is 1.30. The largest absolute Gasteiger partial charge is 0.507 e. The van der Waals surface area contributed by atoms with Gasteiger partial charge in [0, 0.05) is 0 Å². The van der Waals surface area contributed by atoms with Gasteiger partial charge in [0.1, 0.15) is 11.3 Å². The molecule has 0 unspecified atom stereocenters. The molecule has 0 amide bonds. The van der Waals surface area contributed by atoms with Gasteiger partial charge in [0.15, 0.2) is 5.53 Å². The minimum atomic E-state index is -1.25. The number of benzene rings is 1. The van der Waals surface area contributed by atoms with Gasteiger partial charge >= 0.3 is 5.97 Å². The highest BCUT2D eigenvalue weighted by atomic mass is 16.8. The van der Waals surface area contributed by atoms with E-state index in [4.69, 9.17) is 30.4 Å². The Labute approximate surface area is 93.3 Å². The predicted molar refractivity (Wildman–Crippen MR) is 52.2 cm³/mol. The monoisotopic (exact) mass is 245 g/mol.